The fraction of sp³-hybridized carbons (Fsp3) is 0.462. The number of hydrogen-bond donors (Lipinski definition) is 1. The van der Waals surface area contributed by atoms with Crippen molar-refractivity contribution in [3.05, 3.63) is 24.3 Å². The molecule has 1 aromatic carbocycles. The molecule has 1 fully saturated rings. The second-order valence-corrected chi connectivity index (χ2v) is 4.53. The molecule has 0 saturated heterocycles. The summed E-state index contributed by atoms with van der Waals surface area (Å²) < 4.78 is 5.14. The minimum Gasteiger partial charge on any atom is -0.497 e. The molecule has 0 aromatic heterocycles. The number of methoxy groups -OCH3 is 1. The van der Waals surface area contributed by atoms with Crippen LogP contribution in [0.1, 0.15) is 12.8 Å². The molecule has 2 rings (SSSR count). The first-order valence-corrected chi connectivity index (χ1v) is 5.79. The Kier molecular flexibility index (Phi) is 3.33. The van der Waals surface area contributed by atoms with Crippen molar-refractivity contribution in [2.45, 2.75) is 18.9 Å². The van der Waals surface area contributed by atoms with Gasteiger partial charge in [0, 0.05) is 30.8 Å². The SMILES string of the molecule is COc1cccc(N(C)C(=O)C2CC(N)C2)c1. The first kappa shape index (κ1) is 11.9. The van der Waals surface area contributed by atoms with Crippen LogP contribution in [-0.4, -0.2) is 26.1 Å². The molecule has 0 spiro atoms. The quantitative estimate of drug-likeness (QED) is 0.860. The van der Waals surface area contributed by atoms with Crippen molar-refractivity contribution in [3.8, 4) is 5.75 Å². The van der Waals surface area contributed by atoms with Gasteiger partial charge >= 0.3 is 0 Å². The lowest BCUT2D eigenvalue weighted by atomic mass is 9.80. The monoisotopic (exact) mass is 234 g/mol. The van der Waals surface area contributed by atoms with Crippen LogP contribution in [-0.2, 0) is 4.79 Å². The van der Waals surface area contributed by atoms with Crippen molar-refractivity contribution in [1.29, 1.82) is 0 Å². The molecule has 0 heterocycles. The van der Waals surface area contributed by atoms with E-state index in [0.29, 0.717) is 0 Å². The maximum absolute atomic E-state index is 12.1. The van der Waals surface area contributed by atoms with Crippen LogP contribution in [0, 0.1) is 5.92 Å². The van der Waals surface area contributed by atoms with Crippen LogP contribution >= 0.6 is 0 Å². The number of ether oxygens (including phenoxy) is 1. The second kappa shape index (κ2) is 4.75. The lowest BCUT2D eigenvalue weighted by molar-refractivity contribution is -0.124. The Hall–Kier alpha value is -1.55. The zero-order valence-corrected chi connectivity index (χ0v) is 10.2. The van der Waals surface area contributed by atoms with E-state index in [-0.39, 0.29) is 17.9 Å². The molecular formula is C13H18N2O2. The van der Waals surface area contributed by atoms with Gasteiger partial charge in [0.2, 0.25) is 5.91 Å². The van der Waals surface area contributed by atoms with E-state index in [9.17, 15) is 4.79 Å². The van der Waals surface area contributed by atoms with Gasteiger partial charge in [0.1, 0.15) is 5.75 Å². The molecule has 92 valence electrons. The van der Waals surface area contributed by atoms with Crippen LogP contribution in [0.4, 0.5) is 5.69 Å². The van der Waals surface area contributed by atoms with Gasteiger partial charge in [-0.1, -0.05) is 6.07 Å². The van der Waals surface area contributed by atoms with E-state index in [2.05, 4.69) is 0 Å². The summed E-state index contributed by atoms with van der Waals surface area (Å²) in [5.74, 6) is 0.980. The topological polar surface area (TPSA) is 55.6 Å². The zero-order valence-electron chi connectivity index (χ0n) is 10.2. The molecule has 1 aliphatic carbocycles. The highest BCUT2D eigenvalue weighted by Crippen LogP contribution is 2.29. The lowest BCUT2D eigenvalue weighted by Gasteiger charge is -2.34. The highest BCUT2D eigenvalue weighted by atomic mass is 16.5. The summed E-state index contributed by atoms with van der Waals surface area (Å²) in [6, 6.07) is 7.70. The maximum Gasteiger partial charge on any atom is 0.229 e. The fourth-order valence-electron chi connectivity index (χ4n) is 2.08. The molecule has 1 aliphatic rings. The van der Waals surface area contributed by atoms with Gasteiger partial charge in [-0.3, -0.25) is 4.79 Å². The van der Waals surface area contributed by atoms with Crippen molar-refractivity contribution in [2.75, 3.05) is 19.1 Å². The van der Waals surface area contributed by atoms with E-state index in [1.807, 2.05) is 24.3 Å². The summed E-state index contributed by atoms with van der Waals surface area (Å²) in [5.41, 5.74) is 6.56. The summed E-state index contributed by atoms with van der Waals surface area (Å²) in [4.78, 5) is 13.8. The lowest BCUT2D eigenvalue weighted by Crippen LogP contribution is -2.45. The number of amides is 1. The Morgan fingerprint density at radius 1 is 1.47 bits per heavy atom. The average Bonchev–Trinajstić information content (AvgIpc) is 2.33. The number of carbonyl (C=O) groups is 1. The van der Waals surface area contributed by atoms with Gasteiger partial charge in [0.05, 0.1) is 7.11 Å². The van der Waals surface area contributed by atoms with E-state index >= 15 is 0 Å². The molecule has 0 aliphatic heterocycles. The molecule has 0 atom stereocenters. The van der Waals surface area contributed by atoms with Gasteiger partial charge < -0.3 is 15.4 Å². The Balaban J connectivity index is 2.07. The number of nitrogens with two attached hydrogens (primary N) is 1. The largest absolute Gasteiger partial charge is 0.497 e. The summed E-state index contributed by atoms with van der Waals surface area (Å²) in [5, 5.41) is 0. The number of hydrogen-bond acceptors (Lipinski definition) is 3. The molecule has 0 bridgehead atoms. The molecule has 1 aromatic rings. The van der Waals surface area contributed by atoms with Crippen LogP contribution < -0.4 is 15.4 Å². The molecule has 0 radical (unpaired) electrons. The van der Waals surface area contributed by atoms with Crippen molar-refractivity contribution < 1.29 is 9.53 Å². The van der Waals surface area contributed by atoms with Crippen LogP contribution in [0.15, 0.2) is 24.3 Å². The van der Waals surface area contributed by atoms with E-state index in [1.165, 1.54) is 0 Å². The molecule has 0 unspecified atom stereocenters. The average molecular weight is 234 g/mol. The van der Waals surface area contributed by atoms with Crippen molar-refractivity contribution in [1.82, 2.24) is 0 Å². The van der Waals surface area contributed by atoms with Crippen molar-refractivity contribution in [3.63, 3.8) is 0 Å². The molecule has 4 nitrogen and oxygen atoms in total. The Labute approximate surface area is 101 Å². The van der Waals surface area contributed by atoms with Gasteiger partial charge in [-0.25, -0.2) is 0 Å². The Morgan fingerprint density at radius 2 is 2.18 bits per heavy atom. The maximum atomic E-state index is 12.1. The smallest absolute Gasteiger partial charge is 0.229 e. The molecule has 17 heavy (non-hydrogen) atoms. The first-order valence-electron chi connectivity index (χ1n) is 5.79. The standard InChI is InChI=1S/C13H18N2O2/c1-15(13(16)9-6-10(14)7-9)11-4-3-5-12(8-11)17-2/h3-5,8-10H,6-7,14H2,1-2H3. The summed E-state index contributed by atoms with van der Waals surface area (Å²) in [7, 11) is 3.41. The third-order valence-electron chi connectivity index (χ3n) is 3.29. The van der Waals surface area contributed by atoms with Crippen LogP contribution in [0.3, 0.4) is 0 Å². The minimum absolute atomic E-state index is 0.0844. The number of benzene rings is 1. The predicted octanol–water partition coefficient (Wildman–Crippen LogP) is 1.40. The summed E-state index contributed by atoms with van der Waals surface area (Å²) >= 11 is 0. The van der Waals surface area contributed by atoms with Crippen LogP contribution in [0.25, 0.3) is 0 Å². The van der Waals surface area contributed by atoms with Gasteiger partial charge in [0.15, 0.2) is 0 Å². The second-order valence-electron chi connectivity index (χ2n) is 4.53. The van der Waals surface area contributed by atoms with E-state index in [1.54, 1.807) is 19.1 Å². The highest BCUT2D eigenvalue weighted by molar-refractivity contribution is 5.95. The van der Waals surface area contributed by atoms with Crippen molar-refractivity contribution >= 4 is 11.6 Å². The van der Waals surface area contributed by atoms with Gasteiger partial charge in [0.25, 0.3) is 0 Å². The van der Waals surface area contributed by atoms with E-state index < -0.39 is 0 Å². The summed E-state index contributed by atoms with van der Waals surface area (Å²) in [6.07, 6.45) is 1.60. The molecule has 1 saturated carbocycles. The fourth-order valence-corrected chi connectivity index (χ4v) is 2.08. The third-order valence-corrected chi connectivity index (χ3v) is 3.29. The molecule has 4 heteroatoms. The number of rotatable bonds is 3. The zero-order chi connectivity index (χ0) is 12.4. The van der Waals surface area contributed by atoms with Crippen LogP contribution in [0.2, 0.25) is 0 Å². The van der Waals surface area contributed by atoms with Gasteiger partial charge in [-0.15, -0.1) is 0 Å². The van der Waals surface area contributed by atoms with Gasteiger partial charge in [-0.2, -0.15) is 0 Å². The summed E-state index contributed by atoms with van der Waals surface area (Å²) in [6.45, 7) is 0. The first-order chi connectivity index (χ1) is 8.11. The number of nitrogens with zero attached hydrogens (tertiary/aromatic N) is 1. The van der Waals surface area contributed by atoms with E-state index in [0.717, 1.165) is 24.3 Å². The van der Waals surface area contributed by atoms with Crippen LogP contribution in [0.5, 0.6) is 5.75 Å². The minimum atomic E-state index is 0.0844. The van der Waals surface area contributed by atoms with Gasteiger partial charge in [-0.05, 0) is 25.0 Å². The number of carbonyl (C=O) groups excluding carboxylic acids is 1. The van der Waals surface area contributed by atoms with E-state index in [4.69, 9.17) is 10.5 Å². The molecule has 1 amide bonds. The highest BCUT2D eigenvalue weighted by Gasteiger charge is 2.34. The predicted molar refractivity (Wildman–Crippen MR) is 67.1 cm³/mol. The number of anilines is 1. The molecule has 2 N–H and O–H groups in total. The van der Waals surface area contributed by atoms with Crippen molar-refractivity contribution in [2.24, 2.45) is 11.7 Å². The Bertz CT molecular complexity index is 414. The molecular weight excluding hydrogens is 216 g/mol. The normalized spacial score (nSPS) is 22.8. The third kappa shape index (κ3) is 2.42. The Morgan fingerprint density at radius 3 is 2.76 bits per heavy atom.